The smallest absolute Gasteiger partial charge is 0.306 e. The van der Waals surface area contributed by atoms with Crippen molar-refractivity contribution in [3.05, 3.63) is 0 Å². The number of carbonyl (C=O) groups excluding carboxylic acids is 2. The molecule has 0 saturated carbocycles. The zero-order valence-corrected chi connectivity index (χ0v) is 12.4. The highest BCUT2D eigenvalue weighted by atomic mass is 16.6. The molecule has 116 valence electrons. The minimum Gasteiger partial charge on any atom is -0.481 e. The summed E-state index contributed by atoms with van der Waals surface area (Å²) in [6.45, 7) is 5.86. The summed E-state index contributed by atoms with van der Waals surface area (Å²) in [4.78, 5) is 32.8. The summed E-state index contributed by atoms with van der Waals surface area (Å²) in [7, 11) is 0. The van der Waals surface area contributed by atoms with Gasteiger partial charge in [0.15, 0.2) is 0 Å². The van der Waals surface area contributed by atoms with Crippen molar-refractivity contribution in [2.24, 2.45) is 0 Å². The number of carboxylic acids is 1. The van der Waals surface area contributed by atoms with Crippen LogP contribution in [0.25, 0.3) is 0 Å². The van der Waals surface area contributed by atoms with Gasteiger partial charge in [0.1, 0.15) is 5.60 Å². The maximum atomic E-state index is 11.5. The van der Waals surface area contributed by atoms with E-state index >= 15 is 0 Å². The molecular weight excluding hydrogens is 264 g/mol. The number of carbonyl (C=O) groups is 3. The molecule has 0 aromatic heterocycles. The van der Waals surface area contributed by atoms with Crippen molar-refractivity contribution < 1.29 is 29.0 Å². The number of carboxylic acid groups (broad SMARTS) is 1. The van der Waals surface area contributed by atoms with E-state index in [0.29, 0.717) is 12.8 Å². The first kappa shape index (κ1) is 18.4. The van der Waals surface area contributed by atoms with Crippen LogP contribution in [0.15, 0.2) is 0 Å². The number of ether oxygens (including phenoxy) is 2. The zero-order chi connectivity index (χ0) is 15.6. The Morgan fingerprint density at radius 2 is 1.65 bits per heavy atom. The molecule has 0 radical (unpaired) electrons. The van der Waals surface area contributed by atoms with Gasteiger partial charge in [-0.3, -0.25) is 14.4 Å². The summed E-state index contributed by atoms with van der Waals surface area (Å²) in [6.07, 6.45) is 1.82. The van der Waals surface area contributed by atoms with Crippen molar-refractivity contribution in [3.8, 4) is 0 Å². The lowest BCUT2D eigenvalue weighted by molar-refractivity contribution is -0.156. The SMILES string of the molecule is CCC(C)(C)OC(=O)CCCCOC(=O)CCC(=O)O. The van der Waals surface area contributed by atoms with Gasteiger partial charge < -0.3 is 14.6 Å². The second-order valence-electron chi connectivity index (χ2n) is 5.16. The first-order valence-corrected chi connectivity index (χ1v) is 6.86. The number of aliphatic carboxylic acids is 1. The summed E-state index contributed by atoms with van der Waals surface area (Å²) in [5.74, 6) is -1.81. The van der Waals surface area contributed by atoms with Crippen LogP contribution in [-0.2, 0) is 23.9 Å². The van der Waals surface area contributed by atoms with Crippen molar-refractivity contribution in [2.75, 3.05) is 6.61 Å². The minimum absolute atomic E-state index is 0.123. The molecule has 0 spiro atoms. The molecule has 0 unspecified atom stereocenters. The Balaban J connectivity index is 3.59. The Kier molecular flexibility index (Phi) is 8.59. The van der Waals surface area contributed by atoms with E-state index in [1.807, 2.05) is 20.8 Å². The average Bonchev–Trinajstić information content (AvgIpc) is 2.35. The monoisotopic (exact) mass is 288 g/mol. The Hall–Kier alpha value is -1.59. The molecule has 0 amide bonds. The van der Waals surface area contributed by atoms with E-state index < -0.39 is 17.5 Å². The average molecular weight is 288 g/mol. The second kappa shape index (κ2) is 9.34. The summed E-state index contributed by atoms with van der Waals surface area (Å²) >= 11 is 0. The molecule has 6 heteroatoms. The van der Waals surface area contributed by atoms with E-state index in [4.69, 9.17) is 14.6 Å². The molecule has 0 aliphatic heterocycles. The van der Waals surface area contributed by atoms with Crippen molar-refractivity contribution >= 4 is 17.9 Å². The fourth-order valence-electron chi connectivity index (χ4n) is 1.27. The lowest BCUT2D eigenvalue weighted by atomic mass is 10.1. The normalized spacial score (nSPS) is 10.9. The minimum atomic E-state index is -1.02. The first-order valence-electron chi connectivity index (χ1n) is 6.86. The van der Waals surface area contributed by atoms with Gasteiger partial charge in [0.25, 0.3) is 0 Å². The summed E-state index contributed by atoms with van der Waals surface area (Å²) in [5, 5.41) is 8.39. The third kappa shape index (κ3) is 10.3. The van der Waals surface area contributed by atoms with Gasteiger partial charge in [-0.15, -0.1) is 0 Å². The molecule has 0 heterocycles. The van der Waals surface area contributed by atoms with Crippen molar-refractivity contribution in [3.63, 3.8) is 0 Å². The standard InChI is InChI=1S/C14H24O6/c1-4-14(2,3)20-13(18)7-5-6-10-19-12(17)9-8-11(15)16/h4-10H2,1-3H3,(H,15,16). The first-order chi connectivity index (χ1) is 9.26. The van der Waals surface area contributed by atoms with E-state index in [9.17, 15) is 14.4 Å². The lowest BCUT2D eigenvalue weighted by Gasteiger charge is -2.23. The summed E-state index contributed by atoms with van der Waals surface area (Å²) in [5.41, 5.74) is -0.444. The van der Waals surface area contributed by atoms with Gasteiger partial charge in [-0.25, -0.2) is 0 Å². The van der Waals surface area contributed by atoms with E-state index in [-0.39, 0.29) is 31.8 Å². The molecule has 0 aromatic rings. The molecule has 20 heavy (non-hydrogen) atoms. The maximum absolute atomic E-state index is 11.5. The van der Waals surface area contributed by atoms with Crippen LogP contribution in [0.5, 0.6) is 0 Å². The van der Waals surface area contributed by atoms with E-state index in [0.717, 1.165) is 6.42 Å². The van der Waals surface area contributed by atoms with Crippen LogP contribution in [0.1, 0.15) is 59.3 Å². The van der Waals surface area contributed by atoms with Gasteiger partial charge in [0, 0.05) is 6.42 Å². The molecule has 1 N–H and O–H groups in total. The molecule has 0 bridgehead atoms. The van der Waals surface area contributed by atoms with E-state index in [2.05, 4.69) is 0 Å². The number of esters is 2. The molecule has 0 aliphatic rings. The molecule has 0 atom stereocenters. The van der Waals surface area contributed by atoms with Crippen molar-refractivity contribution in [1.29, 1.82) is 0 Å². The quantitative estimate of drug-likeness (QED) is 0.490. The predicted molar refractivity (Wildman–Crippen MR) is 72.1 cm³/mol. The van der Waals surface area contributed by atoms with Crippen LogP contribution in [-0.4, -0.2) is 35.2 Å². The van der Waals surface area contributed by atoms with E-state index in [1.165, 1.54) is 0 Å². The predicted octanol–water partition coefficient (Wildman–Crippen LogP) is 2.30. The van der Waals surface area contributed by atoms with Crippen molar-refractivity contribution in [2.45, 2.75) is 64.9 Å². The Labute approximate surface area is 119 Å². The van der Waals surface area contributed by atoms with Crippen LogP contribution >= 0.6 is 0 Å². The van der Waals surface area contributed by atoms with Crippen LogP contribution in [0.4, 0.5) is 0 Å². The van der Waals surface area contributed by atoms with Crippen molar-refractivity contribution in [1.82, 2.24) is 0 Å². The van der Waals surface area contributed by atoms with Gasteiger partial charge in [-0.05, 0) is 33.1 Å². The van der Waals surface area contributed by atoms with E-state index in [1.54, 1.807) is 0 Å². The fourth-order valence-corrected chi connectivity index (χ4v) is 1.27. The Morgan fingerprint density at radius 1 is 1.00 bits per heavy atom. The molecule has 0 aliphatic carbocycles. The van der Waals surface area contributed by atoms with Crippen LogP contribution in [0.3, 0.4) is 0 Å². The number of unbranched alkanes of at least 4 members (excludes halogenated alkanes) is 1. The van der Waals surface area contributed by atoms with Gasteiger partial charge in [-0.2, -0.15) is 0 Å². The van der Waals surface area contributed by atoms with Crippen LogP contribution in [0, 0.1) is 0 Å². The zero-order valence-electron chi connectivity index (χ0n) is 12.4. The molecule has 0 fully saturated rings. The molecule has 0 aromatic carbocycles. The van der Waals surface area contributed by atoms with Gasteiger partial charge in [0.05, 0.1) is 19.4 Å². The van der Waals surface area contributed by atoms with Gasteiger partial charge in [0.2, 0.25) is 0 Å². The molecular formula is C14H24O6. The second-order valence-corrected chi connectivity index (χ2v) is 5.16. The summed E-state index contributed by atoms with van der Waals surface area (Å²) in [6, 6.07) is 0. The molecule has 6 nitrogen and oxygen atoms in total. The maximum Gasteiger partial charge on any atom is 0.306 e. The number of hydrogen-bond acceptors (Lipinski definition) is 5. The topological polar surface area (TPSA) is 89.9 Å². The van der Waals surface area contributed by atoms with Gasteiger partial charge >= 0.3 is 17.9 Å². The lowest BCUT2D eigenvalue weighted by Crippen LogP contribution is -2.26. The number of rotatable bonds is 10. The van der Waals surface area contributed by atoms with Crippen LogP contribution in [0.2, 0.25) is 0 Å². The third-order valence-corrected chi connectivity index (χ3v) is 2.82. The van der Waals surface area contributed by atoms with Gasteiger partial charge in [-0.1, -0.05) is 6.92 Å². The molecule has 0 rings (SSSR count). The molecule has 0 saturated heterocycles. The summed E-state index contributed by atoms with van der Waals surface area (Å²) < 4.78 is 10.1. The third-order valence-electron chi connectivity index (χ3n) is 2.82. The Morgan fingerprint density at radius 3 is 2.20 bits per heavy atom. The highest BCUT2D eigenvalue weighted by Crippen LogP contribution is 2.15. The highest BCUT2D eigenvalue weighted by Gasteiger charge is 2.19. The highest BCUT2D eigenvalue weighted by molar-refractivity contribution is 5.76. The largest absolute Gasteiger partial charge is 0.481 e. The Bertz CT molecular complexity index is 335. The fraction of sp³-hybridized carbons (Fsp3) is 0.786. The van der Waals surface area contributed by atoms with Crippen LogP contribution < -0.4 is 0 Å². The number of hydrogen-bond donors (Lipinski definition) is 1.